The van der Waals surface area contributed by atoms with Gasteiger partial charge in [0.15, 0.2) is 0 Å². The molecule has 1 atom stereocenters. The molecule has 1 saturated heterocycles. The average molecular weight is 327 g/mol. The van der Waals surface area contributed by atoms with E-state index in [0.29, 0.717) is 32.8 Å². The van der Waals surface area contributed by atoms with Crippen LogP contribution in [0.5, 0.6) is 0 Å². The highest BCUT2D eigenvalue weighted by atomic mass is 32.3. The SMILES string of the molecule is O=C1CC(CS(=O)(=O)F)CN1CCCOCCOCCO. The predicted octanol–water partition coefficient (Wildman–Crippen LogP) is -0.450. The zero-order chi connectivity index (χ0) is 15.7. The number of hydrogen-bond donors (Lipinski definition) is 1. The minimum absolute atomic E-state index is 0.0210. The van der Waals surface area contributed by atoms with Crippen LogP contribution in [-0.2, 0) is 24.5 Å². The molecule has 1 unspecified atom stereocenters. The van der Waals surface area contributed by atoms with Crippen molar-refractivity contribution in [1.82, 2.24) is 4.90 Å². The van der Waals surface area contributed by atoms with E-state index >= 15 is 0 Å². The van der Waals surface area contributed by atoms with Crippen LogP contribution >= 0.6 is 0 Å². The molecular weight excluding hydrogens is 305 g/mol. The summed E-state index contributed by atoms with van der Waals surface area (Å²) in [5, 5.41) is 8.48. The minimum atomic E-state index is -4.53. The molecule has 21 heavy (non-hydrogen) atoms. The van der Waals surface area contributed by atoms with E-state index in [1.165, 1.54) is 0 Å². The van der Waals surface area contributed by atoms with Gasteiger partial charge < -0.3 is 19.5 Å². The quantitative estimate of drug-likeness (QED) is 0.408. The number of nitrogens with zero attached hydrogens (tertiary/aromatic N) is 1. The Balaban J connectivity index is 2.09. The Kier molecular flexibility index (Phi) is 8.09. The van der Waals surface area contributed by atoms with E-state index in [4.69, 9.17) is 14.6 Å². The third-order valence-electron chi connectivity index (χ3n) is 3.05. The van der Waals surface area contributed by atoms with Crippen molar-refractivity contribution in [2.24, 2.45) is 5.92 Å². The maximum atomic E-state index is 12.6. The van der Waals surface area contributed by atoms with Gasteiger partial charge in [-0.1, -0.05) is 0 Å². The Morgan fingerprint density at radius 2 is 1.90 bits per heavy atom. The molecule has 0 aromatic heterocycles. The molecule has 124 valence electrons. The minimum Gasteiger partial charge on any atom is -0.394 e. The fourth-order valence-electron chi connectivity index (χ4n) is 2.21. The lowest BCUT2D eigenvalue weighted by atomic mass is 10.1. The highest BCUT2D eigenvalue weighted by Gasteiger charge is 2.32. The lowest BCUT2D eigenvalue weighted by molar-refractivity contribution is -0.127. The Hall–Kier alpha value is -0.770. The molecule has 1 heterocycles. The van der Waals surface area contributed by atoms with E-state index in [1.54, 1.807) is 4.90 Å². The largest absolute Gasteiger partial charge is 0.394 e. The highest BCUT2D eigenvalue weighted by Crippen LogP contribution is 2.20. The van der Waals surface area contributed by atoms with Gasteiger partial charge in [-0.2, -0.15) is 8.42 Å². The predicted molar refractivity (Wildman–Crippen MR) is 72.9 cm³/mol. The first-order valence-corrected chi connectivity index (χ1v) is 8.44. The van der Waals surface area contributed by atoms with Crippen molar-refractivity contribution in [3.63, 3.8) is 0 Å². The van der Waals surface area contributed by atoms with E-state index in [2.05, 4.69) is 0 Å². The molecule has 0 aromatic carbocycles. The molecule has 1 N–H and O–H groups in total. The van der Waals surface area contributed by atoms with Crippen LogP contribution in [0.3, 0.4) is 0 Å². The molecule has 9 heteroatoms. The van der Waals surface area contributed by atoms with Crippen molar-refractivity contribution in [3.8, 4) is 0 Å². The van der Waals surface area contributed by atoms with E-state index in [0.717, 1.165) is 0 Å². The Bertz CT molecular complexity index is 416. The molecule has 0 spiro atoms. The molecule has 1 rings (SSSR count). The van der Waals surface area contributed by atoms with Crippen LogP contribution in [0, 0.1) is 5.92 Å². The first-order chi connectivity index (χ1) is 9.92. The van der Waals surface area contributed by atoms with Crippen molar-refractivity contribution < 1.29 is 31.7 Å². The number of hydrogen-bond acceptors (Lipinski definition) is 6. The van der Waals surface area contributed by atoms with Gasteiger partial charge in [-0.05, 0) is 6.42 Å². The summed E-state index contributed by atoms with van der Waals surface area (Å²) in [6.07, 6.45) is 0.708. The van der Waals surface area contributed by atoms with Crippen LogP contribution in [0.1, 0.15) is 12.8 Å². The second-order valence-electron chi connectivity index (χ2n) is 4.92. The molecule has 1 aliphatic heterocycles. The molecular formula is C12H22FNO6S. The summed E-state index contributed by atoms with van der Waals surface area (Å²) in [7, 11) is -4.53. The zero-order valence-electron chi connectivity index (χ0n) is 11.9. The van der Waals surface area contributed by atoms with Crippen molar-refractivity contribution in [2.45, 2.75) is 12.8 Å². The first-order valence-electron chi connectivity index (χ1n) is 6.89. The molecule has 0 aromatic rings. The second kappa shape index (κ2) is 9.29. The number of ether oxygens (including phenoxy) is 2. The number of carbonyl (C=O) groups is 1. The van der Waals surface area contributed by atoms with Gasteiger partial charge in [-0.15, -0.1) is 3.89 Å². The number of aliphatic hydroxyl groups excluding tert-OH is 1. The maximum Gasteiger partial charge on any atom is 0.302 e. The summed E-state index contributed by atoms with van der Waals surface area (Å²) < 4.78 is 44.0. The van der Waals surface area contributed by atoms with Crippen LogP contribution in [0.15, 0.2) is 0 Å². The highest BCUT2D eigenvalue weighted by molar-refractivity contribution is 7.86. The molecule has 1 amide bonds. The normalized spacial score (nSPS) is 19.4. The Morgan fingerprint density at radius 1 is 1.24 bits per heavy atom. The number of amides is 1. The Morgan fingerprint density at radius 3 is 2.52 bits per heavy atom. The number of rotatable bonds is 11. The van der Waals surface area contributed by atoms with Gasteiger partial charge in [0.2, 0.25) is 5.91 Å². The number of aliphatic hydroxyl groups is 1. The van der Waals surface area contributed by atoms with Gasteiger partial charge in [0.05, 0.1) is 32.2 Å². The van der Waals surface area contributed by atoms with Gasteiger partial charge in [0, 0.05) is 32.0 Å². The van der Waals surface area contributed by atoms with Crippen LogP contribution in [0.25, 0.3) is 0 Å². The molecule has 0 radical (unpaired) electrons. The molecule has 0 aliphatic carbocycles. The van der Waals surface area contributed by atoms with Crippen molar-refractivity contribution in [2.75, 3.05) is 51.9 Å². The fraction of sp³-hybridized carbons (Fsp3) is 0.917. The molecule has 7 nitrogen and oxygen atoms in total. The van der Waals surface area contributed by atoms with Gasteiger partial charge in [0.1, 0.15) is 0 Å². The molecule has 0 saturated carbocycles. The van der Waals surface area contributed by atoms with Gasteiger partial charge >= 0.3 is 10.2 Å². The average Bonchev–Trinajstić information content (AvgIpc) is 2.70. The Labute approximate surface area is 124 Å². The third-order valence-corrected chi connectivity index (χ3v) is 3.92. The summed E-state index contributed by atoms with van der Waals surface area (Å²) >= 11 is 0. The van der Waals surface area contributed by atoms with Crippen LogP contribution in [0.2, 0.25) is 0 Å². The number of halogens is 1. The summed E-state index contributed by atoms with van der Waals surface area (Å²) in [5.74, 6) is -1.19. The maximum absolute atomic E-state index is 12.6. The van der Waals surface area contributed by atoms with Gasteiger partial charge in [-0.25, -0.2) is 0 Å². The van der Waals surface area contributed by atoms with Crippen LogP contribution < -0.4 is 0 Å². The summed E-state index contributed by atoms with van der Waals surface area (Å²) in [6, 6.07) is 0. The smallest absolute Gasteiger partial charge is 0.302 e. The van der Waals surface area contributed by atoms with Crippen molar-refractivity contribution in [3.05, 3.63) is 0 Å². The summed E-state index contributed by atoms with van der Waals surface area (Å²) in [4.78, 5) is 13.2. The number of likely N-dealkylation sites (tertiary alicyclic amines) is 1. The summed E-state index contributed by atoms with van der Waals surface area (Å²) in [5.41, 5.74) is 0. The molecule has 1 fully saturated rings. The van der Waals surface area contributed by atoms with Crippen LogP contribution in [-0.4, -0.2) is 76.2 Å². The van der Waals surface area contributed by atoms with Crippen molar-refractivity contribution >= 4 is 16.1 Å². The zero-order valence-corrected chi connectivity index (χ0v) is 12.7. The van der Waals surface area contributed by atoms with E-state index in [1.807, 2.05) is 0 Å². The second-order valence-corrected chi connectivity index (χ2v) is 6.33. The third kappa shape index (κ3) is 8.30. The molecule has 0 bridgehead atoms. The monoisotopic (exact) mass is 327 g/mol. The van der Waals surface area contributed by atoms with E-state index in [-0.39, 0.29) is 32.1 Å². The fourth-order valence-corrected chi connectivity index (χ4v) is 2.99. The van der Waals surface area contributed by atoms with Gasteiger partial charge in [-0.3, -0.25) is 4.79 Å². The lowest BCUT2D eigenvalue weighted by Gasteiger charge is -2.16. The van der Waals surface area contributed by atoms with Gasteiger partial charge in [0.25, 0.3) is 0 Å². The molecule has 1 aliphatic rings. The van der Waals surface area contributed by atoms with E-state index in [9.17, 15) is 17.1 Å². The summed E-state index contributed by atoms with van der Waals surface area (Å²) in [6.45, 7) is 2.28. The van der Waals surface area contributed by atoms with Crippen LogP contribution in [0.4, 0.5) is 3.89 Å². The van der Waals surface area contributed by atoms with Crippen molar-refractivity contribution in [1.29, 1.82) is 0 Å². The lowest BCUT2D eigenvalue weighted by Crippen LogP contribution is -2.27. The standard InChI is InChI=1S/C12H22FNO6S/c13-21(17,18)10-11-8-12(16)14(9-11)2-1-4-19-6-7-20-5-3-15/h11,15H,1-10H2. The van der Waals surface area contributed by atoms with E-state index < -0.39 is 21.9 Å². The number of carbonyl (C=O) groups excluding carboxylic acids is 1. The first kappa shape index (κ1) is 18.3. The topological polar surface area (TPSA) is 93.1 Å².